The maximum atomic E-state index is 12.3. The van der Waals surface area contributed by atoms with E-state index in [2.05, 4.69) is 43.5 Å². The molecule has 8 nitrogen and oxygen atoms in total. The van der Waals surface area contributed by atoms with Crippen molar-refractivity contribution in [1.29, 1.82) is 0 Å². The topological polar surface area (TPSA) is 80.9 Å². The number of nitrogens with zero attached hydrogens (tertiary/aromatic N) is 6. The SMILES string of the molecule is Cn1nnc(NC(=O)N2CCn3c(cc4ccccc43)C2)n1. The molecule has 0 fully saturated rings. The maximum Gasteiger partial charge on any atom is 0.324 e. The van der Waals surface area contributed by atoms with E-state index in [1.54, 1.807) is 11.9 Å². The number of urea groups is 1. The van der Waals surface area contributed by atoms with Gasteiger partial charge in [-0.25, -0.2) is 4.79 Å². The third-order valence-electron chi connectivity index (χ3n) is 3.86. The number of para-hydroxylation sites is 1. The number of amides is 2. The van der Waals surface area contributed by atoms with Crippen molar-refractivity contribution in [3.63, 3.8) is 0 Å². The summed E-state index contributed by atoms with van der Waals surface area (Å²) in [5.74, 6) is 0.221. The first-order chi connectivity index (χ1) is 10.7. The van der Waals surface area contributed by atoms with Crippen molar-refractivity contribution >= 4 is 22.9 Å². The Labute approximate surface area is 126 Å². The maximum absolute atomic E-state index is 12.3. The number of rotatable bonds is 1. The van der Waals surface area contributed by atoms with Crippen LogP contribution >= 0.6 is 0 Å². The van der Waals surface area contributed by atoms with Gasteiger partial charge in [-0.3, -0.25) is 5.32 Å². The van der Waals surface area contributed by atoms with Crippen LogP contribution in [0.4, 0.5) is 10.7 Å². The van der Waals surface area contributed by atoms with E-state index in [-0.39, 0.29) is 12.0 Å². The average molecular weight is 297 g/mol. The van der Waals surface area contributed by atoms with Crippen LogP contribution in [0.15, 0.2) is 30.3 Å². The van der Waals surface area contributed by atoms with Gasteiger partial charge in [-0.15, -0.1) is 5.10 Å². The highest BCUT2D eigenvalue weighted by Gasteiger charge is 2.23. The van der Waals surface area contributed by atoms with Gasteiger partial charge in [0.25, 0.3) is 5.95 Å². The Hall–Kier alpha value is -2.90. The molecule has 0 radical (unpaired) electrons. The second-order valence-corrected chi connectivity index (χ2v) is 5.30. The van der Waals surface area contributed by atoms with Gasteiger partial charge in [-0.05, 0) is 22.7 Å². The van der Waals surface area contributed by atoms with Gasteiger partial charge >= 0.3 is 6.03 Å². The Bertz CT molecular complexity index is 850. The van der Waals surface area contributed by atoms with E-state index in [1.807, 2.05) is 12.1 Å². The average Bonchev–Trinajstić information content (AvgIpc) is 3.09. The number of aryl methyl sites for hydroxylation is 1. The molecule has 0 saturated heterocycles. The fourth-order valence-electron chi connectivity index (χ4n) is 2.84. The second-order valence-electron chi connectivity index (χ2n) is 5.30. The number of carbonyl (C=O) groups excluding carboxylic acids is 1. The van der Waals surface area contributed by atoms with Gasteiger partial charge in [0.15, 0.2) is 0 Å². The van der Waals surface area contributed by atoms with Crippen LogP contribution in [0.2, 0.25) is 0 Å². The molecule has 4 rings (SSSR count). The summed E-state index contributed by atoms with van der Waals surface area (Å²) >= 11 is 0. The Balaban J connectivity index is 1.55. The van der Waals surface area contributed by atoms with E-state index in [0.717, 1.165) is 12.2 Å². The summed E-state index contributed by atoms with van der Waals surface area (Å²) in [7, 11) is 1.65. The highest BCUT2D eigenvalue weighted by atomic mass is 16.2. The van der Waals surface area contributed by atoms with Crippen molar-refractivity contribution in [3.05, 3.63) is 36.0 Å². The van der Waals surface area contributed by atoms with Crippen molar-refractivity contribution in [2.45, 2.75) is 13.1 Å². The summed E-state index contributed by atoms with van der Waals surface area (Å²) in [5.41, 5.74) is 2.35. The Morgan fingerprint density at radius 2 is 2.14 bits per heavy atom. The van der Waals surface area contributed by atoms with Gasteiger partial charge in [0, 0.05) is 24.3 Å². The molecule has 2 amide bonds. The number of fused-ring (bicyclic) bond motifs is 3. The van der Waals surface area contributed by atoms with E-state index in [9.17, 15) is 4.79 Å². The standard InChI is InChI=1S/C14H15N7O/c1-19-17-13(16-18-19)15-14(22)20-6-7-21-11(9-20)8-10-4-2-3-5-12(10)21/h2-5,8H,6-7,9H2,1H3,(H,15,17,22). The zero-order chi connectivity index (χ0) is 15.1. The molecule has 1 aliphatic heterocycles. The minimum atomic E-state index is -0.204. The molecule has 2 aromatic heterocycles. The second kappa shape index (κ2) is 4.83. The van der Waals surface area contributed by atoms with E-state index in [1.165, 1.54) is 15.7 Å². The van der Waals surface area contributed by atoms with Crippen molar-refractivity contribution in [2.24, 2.45) is 7.05 Å². The first-order valence-corrected chi connectivity index (χ1v) is 7.08. The minimum Gasteiger partial charge on any atom is -0.341 e. The zero-order valence-corrected chi connectivity index (χ0v) is 12.1. The van der Waals surface area contributed by atoms with Crippen molar-refractivity contribution in [3.8, 4) is 0 Å². The lowest BCUT2D eigenvalue weighted by atomic mass is 10.2. The van der Waals surface area contributed by atoms with Gasteiger partial charge in [0.2, 0.25) is 0 Å². The van der Waals surface area contributed by atoms with Gasteiger partial charge in [0.1, 0.15) is 0 Å². The molecular formula is C14H15N7O. The number of carbonyl (C=O) groups is 1. The largest absolute Gasteiger partial charge is 0.341 e. The van der Waals surface area contributed by atoms with Gasteiger partial charge in [-0.1, -0.05) is 23.3 Å². The quantitative estimate of drug-likeness (QED) is 0.732. The molecule has 1 N–H and O–H groups in total. The number of aromatic nitrogens is 5. The van der Waals surface area contributed by atoms with Crippen LogP contribution in [0.3, 0.4) is 0 Å². The number of tetrazole rings is 1. The van der Waals surface area contributed by atoms with Crippen LogP contribution in [-0.2, 0) is 20.1 Å². The molecule has 112 valence electrons. The first-order valence-electron chi connectivity index (χ1n) is 7.08. The molecule has 8 heteroatoms. The molecule has 1 aliphatic rings. The first kappa shape index (κ1) is 12.8. The van der Waals surface area contributed by atoms with Crippen LogP contribution in [0, 0.1) is 0 Å². The summed E-state index contributed by atoms with van der Waals surface area (Å²) < 4.78 is 2.26. The molecule has 1 aromatic carbocycles. The van der Waals surface area contributed by atoms with E-state index < -0.39 is 0 Å². The Kier molecular flexibility index (Phi) is 2.81. The van der Waals surface area contributed by atoms with Gasteiger partial charge in [0.05, 0.1) is 13.6 Å². The molecular weight excluding hydrogens is 282 g/mol. The molecule has 0 unspecified atom stereocenters. The van der Waals surface area contributed by atoms with Crippen molar-refractivity contribution < 1.29 is 4.79 Å². The molecule has 3 aromatic rings. The molecule has 0 bridgehead atoms. The minimum absolute atomic E-state index is 0.204. The molecule has 0 spiro atoms. The van der Waals surface area contributed by atoms with E-state index in [4.69, 9.17) is 0 Å². The molecule has 0 aliphatic carbocycles. The monoisotopic (exact) mass is 297 g/mol. The third kappa shape index (κ3) is 2.09. The number of benzene rings is 1. The number of hydrogen-bond acceptors (Lipinski definition) is 4. The van der Waals surface area contributed by atoms with Gasteiger partial charge in [-0.2, -0.15) is 4.80 Å². The lowest BCUT2D eigenvalue weighted by Crippen LogP contribution is -2.40. The lowest BCUT2D eigenvalue weighted by Gasteiger charge is -2.28. The zero-order valence-electron chi connectivity index (χ0n) is 12.1. The number of nitrogens with one attached hydrogen (secondary N) is 1. The predicted octanol–water partition coefficient (Wildman–Crippen LogP) is 1.21. The predicted molar refractivity (Wildman–Crippen MR) is 80.2 cm³/mol. The van der Waals surface area contributed by atoms with Crippen LogP contribution < -0.4 is 5.32 Å². The summed E-state index contributed by atoms with van der Waals surface area (Å²) in [6.07, 6.45) is 0. The van der Waals surface area contributed by atoms with Crippen molar-refractivity contribution in [2.75, 3.05) is 11.9 Å². The summed E-state index contributed by atoms with van der Waals surface area (Å²) in [5, 5.41) is 15.3. The van der Waals surface area contributed by atoms with Crippen LogP contribution in [-0.4, -0.2) is 42.3 Å². The normalized spacial score (nSPS) is 14.1. The molecule has 0 atom stereocenters. The van der Waals surface area contributed by atoms with Crippen molar-refractivity contribution in [1.82, 2.24) is 29.7 Å². The highest BCUT2D eigenvalue weighted by molar-refractivity contribution is 5.88. The highest BCUT2D eigenvalue weighted by Crippen LogP contribution is 2.24. The number of hydrogen-bond donors (Lipinski definition) is 1. The fourth-order valence-corrected chi connectivity index (χ4v) is 2.84. The smallest absolute Gasteiger partial charge is 0.324 e. The van der Waals surface area contributed by atoms with Crippen LogP contribution in [0.25, 0.3) is 10.9 Å². The summed E-state index contributed by atoms with van der Waals surface area (Å²) in [4.78, 5) is 15.4. The molecule has 3 heterocycles. The fraction of sp³-hybridized carbons (Fsp3) is 0.286. The summed E-state index contributed by atoms with van der Waals surface area (Å²) in [6, 6.07) is 10.2. The lowest BCUT2D eigenvalue weighted by molar-refractivity contribution is 0.197. The van der Waals surface area contributed by atoms with Crippen LogP contribution in [0.1, 0.15) is 5.69 Å². The van der Waals surface area contributed by atoms with Gasteiger partial charge < -0.3 is 9.47 Å². The summed E-state index contributed by atoms with van der Waals surface area (Å²) in [6.45, 7) is 2.00. The van der Waals surface area contributed by atoms with Crippen LogP contribution in [0.5, 0.6) is 0 Å². The third-order valence-corrected chi connectivity index (χ3v) is 3.86. The van der Waals surface area contributed by atoms with E-state index in [0.29, 0.717) is 13.1 Å². The van der Waals surface area contributed by atoms with E-state index >= 15 is 0 Å². The number of anilines is 1. The Morgan fingerprint density at radius 3 is 2.95 bits per heavy atom. The molecule has 0 saturated carbocycles. The Morgan fingerprint density at radius 1 is 1.27 bits per heavy atom. The molecule has 22 heavy (non-hydrogen) atoms.